The van der Waals surface area contributed by atoms with Crippen LogP contribution in [0.1, 0.15) is 30.9 Å². The predicted molar refractivity (Wildman–Crippen MR) is 149 cm³/mol. The van der Waals surface area contributed by atoms with Gasteiger partial charge in [0.1, 0.15) is 11.6 Å². The molecule has 14 heteroatoms. The second kappa shape index (κ2) is 10.4. The second-order valence-electron chi connectivity index (χ2n) is 10.5. The summed E-state index contributed by atoms with van der Waals surface area (Å²) in [5.41, 5.74) is 7.89. The van der Waals surface area contributed by atoms with Crippen LogP contribution in [0.2, 0.25) is 5.02 Å². The first-order valence-electron chi connectivity index (χ1n) is 13.3. The Kier molecular flexibility index (Phi) is 6.80. The predicted octanol–water partition coefficient (Wildman–Crippen LogP) is 1.52. The van der Waals surface area contributed by atoms with Crippen molar-refractivity contribution in [2.24, 2.45) is 5.73 Å². The molecule has 4 N–H and O–H groups in total. The topological polar surface area (TPSA) is 168 Å². The molecule has 1 saturated carbocycles. The average Bonchev–Trinajstić information content (AvgIpc) is 3.65. The zero-order chi connectivity index (χ0) is 28.0. The zero-order valence-electron chi connectivity index (χ0n) is 22.0. The highest BCUT2D eigenvalue weighted by molar-refractivity contribution is 6.36. The Balaban J connectivity index is 1.20. The minimum absolute atomic E-state index is 0.248. The van der Waals surface area contributed by atoms with Gasteiger partial charge in [0.15, 0.2) is 5.65 Å². The number of piperazine rings is 1. The number of carbonyl (C=O) groups excluding carboxylic acids is 1. The van der Waals surface area contributed by atoms with Crippen molar-refractivity contribution in [3.05, 3.63) is 34.5 Å². The molecule has 0 unspecified atom stereocenters. The minimum Gasteiger partial charge on any atom is -0.368 e. The Morgan fingerprint density at radius 2 is 1.90 bits per heavy atom. The molecule has 206 valence electrons. The van der Waals surface area contributed by atoms with Gasteiger partial charge in [0.05, 0.1) is 40.3 Å². The highest BCUT2D eigenvalue weighted by Crippen LogP contribution is 2.37. The van der Waals surface area contributed by atoms with Gasteiger partial charge in [0.2, 0.25) is 17.8 Å². The summed E-state index contributed by atoms with van der Waals surface area (Å²) in [7, 11) is 0. The van der Waals surface area contributed by atoms with Gasteiger partial charge in [-0.3, -0.25) is 14.6 Å². The average molecular weight is 561 g/mol. The van der Waals surface area contributed by atoms with Crippen LogP contribution < -0.4 is 21.3 Å². The number of nitrogens with one attached hydrogen (secondary N) is 2. The first-order valence-corrected chi connectivity index (χ1v) is 13.7. The van der Waals surface area contributed by atoms with E-state index in [1.165, 1.54) is 10.7 Å². The lowest BCUT2D eigenvalue weighted by Gasteiger charge is -2.50. The number of nitrogens with two attached hydrogens (primary N) is 1. The zero-order valence-corrected chi connectivity index (χ0v) is 22.8. The molecule has 0 radical (unpaired) electrons. The van der Waals surface area contributed by atoms with Gasteiger partial charge in [-0.1, -0.05) is 11.6 Å². The number of hydrogen-bond donors (Lipinski definition) is 3. The van der Waals surface area contributed by atoms with Crippen LogP contribution in [0.3, 0.4) is 0 Å². The fourth-order valence-corrected chi connectivity index (χ4v) is 5.45. The number of likely N-dealkylation sites (tertiary alicyclic amines) is 1. The fourth-order valence-electron chi connectivity index (χ4n) is 5.17. The van der Waals surface area contributed by atoms with Crippen molar-refractivity contribution >= 4 is 46.4 Å². The molecule has 4 heterocycles. The number of nitriles is 2. The number of fused-ring (bicyclic) bond motifs is 1. The van der Waals surface area contributed by atoms with Gasteiger partial charge in [-0.2, -0.15) is 30.1 Å². The maximum absolute atomic E-state index is 11.5. The van der Waals surface area contributed by atoms with Crippen molar-refractivity contribution in [3.63, 3.8) is 0 Å². The van der Waals surface area contributed by atoms with Crippen molar-refractivity contribution in [1.29, 1.82) is 10.5 Å². The molecule has 3 fully saturated rings. The Hall–Kier alpha value is -4.17. The fraction of sp³-hybridized carbons (Fsp3) is 0.462. The van der Waals surface area contributed by atoms with E-state index in [-0.39, 0.29) is 17.9 Å². The molecule has 40 heavy (non-hydrogen) atoms. The lowest BCUT2D eigenvalue weighted by Crippen LogP contribution is -2.66. The van der Waals surface area contributed by atoms with E-state index in [4.69, 9.17) is 17.3 Å². The quantitative estimate of drug-likeness (QED) is 0.365. The van der Waals surface area contributed by atoms with Gasteiger partial charge in [-0.15, -0.1) is 0 Å². The number of primary amides is 1. The maximum atomic E-state index is 11.5. The Morgan fingerprint density at radius 1 is 1.15 bits per heavy atom. The van der Waals surface area contributed by atoms with Crippen molar-refractivity contribution < 1.29 is 4.79 Å². The third-order valence-corrected chi connectivity index (χ3v) is 8.25. The standard InChI is InChI=1S/C26H29ClN12O/c1-15(23(30)40)38-13-19(14-38)36-4-6-37(7-5-36)21-9-16(10-28)8-20(22(21)27)33-25-34-24-17(11-29)12-31-39(24)26(35-25)32-18-2-3-18/h8-9,12,15,18-19H,2-7,13-14H2,1H3,(H2,30,40)(H2,32,33,34,35)/t15-/m1/s1. The molecular formula is C26H29ClN12O. The number of benzene rings is 1. The highest BCUT2D eigenvalue weighted by Gasteiger charge is 2.37. The van der Waals surface area contributed by atoms with Gasteiger partial charge < -0.3 is 21.3 Å². The molecule has 2 aliphatic heterocycles. The van der Waals surface area contributed by atoms with Crippen LogP contribution >= 0.6 is 11.6 Å². The molecule has 0 spiro atoms. The number of aromatic nitrogens is 4. The number of halogens is 1. The molecule has 1 aliphatic carbocycles. The normalized spacial score (nSPS) is 19.1. The molecule has 1 atom stereocenters. The SMILES string of the molecule is C[C@H](C(N)=O)N1CC(N2CCN(c3cc(C#N)cc(Nc4nc(NC5CC5)n5ncc(C#N)c5n4)c3Cl)CC2)C1. The third kappa shape index (κ3) is 4.95. The lowest BCUT2D eigenvalue weighted by atomic mass is 10.0. The summed E-state index contributed by atoms with van der Waals surface area (Å²) in [6.07, 6.45) is 3.55. The van der Waals surface area contributed by atoms with E-state index in [1.54, 1.807) is 12.1 Å². The van der Waals surface area contributed by atoms with Crippen LogP contribution in [0, 0.1) is 22.7 Å². The number of nitrogens with zero attached hydrogens (tertiary/aromatic N) is 9. The van der Waals surface area contributed by atoms with E-state index >= 15 is 0 Å². The molecule has 3 aromatic rings. The number of anilines is 4. The number of hydrogen-bond acceptors (Lipinski definition) is 11. The molecule has 1 aromatic carbocycles. The van der Waals surface area contributed by atoms with E-state index in [1.807, 2.05) is 6.92 Å². The van der Waals surface area contributed by atoms with Crippen LogP contribution in [-0.2, 0) is 4.79 Å². The third-order valence-electron chi connectivity index (χ3n) is 7.85. The number of carbonyl (C=O) groups is 1. The van der Waals surface area contributed by atoms with Crippen LogP contribution in [0.5, 0.6) is 0 Å². The van der Waals surface area contributed by atoms with E-state index < -0.39 is 0 Å². The molecule has 3 aliphatic rings. The molecule has 0 bridgehead atoms. The van der Waals surface area contributed by atoms with Gasteiger partial charge in [-0.25, -0.2) is 0 Å². The summed E-state index contributed by atoms with van der Waals surface area (Å²) < 4.78 is 1.52. The number of amides is 1. The van der Waals surface area contributed by atoms with Crippen molar-refractivity contribution in [2.45, 2.75) is 37.9 Å². The molecule has 13 nitrogen and oxygen atoms in total. The first kappa shape index (κ1) is 26.1. The van der Waals surface area contributed by atoms with Gasteiger partial charge >= 0.3 is 0 Å². The highest BCUT2D eigenvalue weighted by atomic mass is 35.5. The summed E-state index contributed by atoms with van der Waals surface area (Å²) in [6.45, 7) is 6.67. The van der Waals surface area contributed by atoms with E-state index in [2.05, 4.69) is 52.5 Å². The largest absolute Gasteiger partial charge is 0.368 e. The summed E-state index contributed by atoms with van der Waals surface area (Å²) >= 11 is 6.91. The van der Waals surface area contributed by atoms with E-state index in [9.17, 15) is 15.3 Å². The molecule has 2 saturated heterocycles. The summed E-state index contributed by atoms with van der Waals surface area (Å²) in [6, 6.07) is 8.29. The minimum atomic E-state index is -0.295. The summed E-state index contributed by atoms with van der Waals surface area (Å²) in [4.78, 5) is 27.3. The Labute approximate surface area is 236 Å². The van der Waals surface area contributed by atoms with Crippen LogP contribution in [0.4, 0.5) is 23.3 Å². The lowest BCUT2D eigenvalue weighted by molar-refractivity contribution is -0.125. The molecular weight excluding hydrogens is 532 g/mol. The first-order chi connectivity index (χ1) is 19.3. The maximum Gasteiger partial charge on any atom is 0.234 e. The van der Waals surface area contributed by atoms with Crippen molar-refractivity contribution in [2.75, 3.05) is 54.8 Å². The van der Waals surface area contributed by atoms with Crippen molar-refractivity contribution in [1.82, 2.24) is 29.4 Å². The van der Waals surface area contributed by atoms with Gasteiger partial charge in [0, 0.05) is 51.4 Å². The van der Waals surface area contributed by atoms with Gasteiger partial charge in [-0.05, 0) is 31.9 Å². The van der Waals surface area contributed by atoms with Crippen LogP contribution in [0.25, 0.3) is 5.65 Å². The van der Waals surface area contributed by atoms with Crippen molar-refractivity contribution in [3.8, 4) is 12.1 Å². The van der Waals surface area contributed by atoms with Crippen LogP contribution in [0.15, 0.2) is 18.3 Å². The summed E-state index contributed by atoms with van der Waals surface area (Å²) in [5, 5.41) is 30.5. The molecule has 2 aromatic heterocycles. The Morgan fingerprint density at radius 3 is 2.55 bits per heavy atom. The monoisotopic (exact) mass is 560 g/mol. The van der Waals surface area contributed by atoms with Crippen LogP contribution in [-0.4, -0.2) is 92.7 Å². The van der Waals surface area contributed by atoms with Gasteiger partial charge in [0.25, 0.3) is 0 Å². The summed E-state index contributed by atoms with van der Waals surface area (Å²) in [5.74, 6) is 0.441. The molecule has 1 amide bonds. The second-order valence-corrected chi connectivity index (χ2v) is 10.9. The Bertz CT molecular complexity index is 1540. The van der Waals surface area contributed by atoms with E-state index in [0.717, 1.165) is 57.8 Å². The molecule has 6 rings (SSSR count). The number of rotatable bonds is 8. The smallest absolute Gasteiger partial charge is 0.234 e. The van der Waals surface area contributed by atoms with E-state index in [0.29, 0.717) is 45.5 Å².